The molecule has 2 rings (SSSR count). The van der Waals surface area contributed by atoms with Crippen LogP contribution in [0, 0.1) is 5.92 Å². The monoisotopic (exact) mass is 387 g/mol. The predicted molar refractivity (Wildman–Crippen MR) is 110 cm³/mol. The van der Waals surface area contributed by atoms with Crippen LogP contribution in [0.2, 0.25) is 0 Å². The van der Waals surface area contributed by atoms with E-state index in [1.54, 1.807) is 4.90 Å². The maximum absolute atomic E-state index is 12.9. The first kappa shape index (κ1) is 22.0. The molecule has 0 fully saturated rings. The molecule has 28 heavy (non-hydrogen) atoms. The lowest BCUT2D eigenvalue weighted by molar-refractivity contribution is -0.129. The molecule has 1 aliphatic heterocycles. The van der Waals surface area contributed by atoms with E-state index in [4.69, 9.17) is 4.74 Å². The molecule has 0 saturated heterocycles. The number of ether oxygens (including phenoxy) is 1. The van der Waals surface area contributed by atoms with E-state index in [0.717, 1.165) is 24.8 Å². The number of amides is 1. The van der Waals surface area contributed by atoms with E-state index in [9.17, 15) is 14.7 Å². The van der Waals surface area contributed by atoms with Crippen LogP contribution in [0.5, 0.6) is 5.75 Å². The Balaban J connectivity index is 2.44. The van der Waals surface area contributed by atoms with Crippen LogP contribution in [0.3, 0.4) is 0 Å². The fraction of sp³-hybridized carbons (Fsp3) is 0.565. The molecule has 0 bridgehead atoms. The Hall–Kier alpha value is -2.30. The second-order valence-electron chi connectivity index (χ2n) is 8.13. The SMILES string of the molecule is CCCCCN1C(=O)C(O)=C(C(=O)CC(C)C)C1c1cccc(OC(C)C)c1. The van der Waals surface area contributed by atoms with Crippen LogP contribution in [0.4, 0.5) is 0 Å². The topological polar surface area (TPSA) is 66.8 Å². The molecule has 0 aromatic heterocycles. The van der Waals surface area contributed by atoms with Crippen molar-refractivity contribution in [3.05, 3.63) is 41.2 Å². The van der Waals surface area contributed by atoms with E-state index in [2.05, 4.69) is 6.92 Å². The molecule has 5 heteroatoms. The number of nitrogens with zero attached hydrogens (tertiary/aromatic N) is 1. The zero-order valence-electron chi connectivity index (χ0n) is 17.7. The van der Waals surface area contributed by atoms with Crippen molar-refractivity contribution in [2.24, 2.45) is 5.92 Å². The van der Waals surface area contributed by atoms with Gasteiger partial charge < -0.3 is 14.7 Å². The third kappa shape index (κ3) is 5.15. The van der Waals surface area contributed by atoms with Crippen molar-refractivity contribution in [2.75, 3.05) is 6.54 Å². The van der Waals surface area contributed by atoms with Crippen molar-refractivity contribution >= 4 is 11.7 Å². The van der Waals surface area contributed by atoms with E-state index in [1.165, 1.54) is 0 Å². The summed E-state index contributed by atoms with van der Waals surface area (Å²) in [5.41, 5.74) is 1.01. The molecule has 1 aromatic carbocycles. The van der Waals surface area contributed by atoms with E-state index in [0.29, 0.717) is 18.7 Å². The van der Waals surface area contributed by atoms with Gasteiger partial charge in [-0.25, -0.2) is 0 Å². The minimum Gasteiger partial charge on any atom is -0.503 e. The van der Waals surface area contributed by atoms with Gasteiger partial charge in [-0.05, 0) is 43.9 Å². The summed E-state index contributed by atoms with van der Waals surface area (Å²) < 4.78 is 5.80. The molecule has 1 aliphatic rings. The molecule has 0 saturated carbocycles. The van der Waals surface area contributed by atoms with Crippen LogP contribution in [0.1, 0.15) is 71.9 Å². The van der Waals surface area contributed by atoms with Gasteiger partial charge in [0.15, 0.2) is 11.5 Å². The van der Waals surface area contributed by atoms with Crippen LogP contribution >= 0.6 is 0 Å². The first-order chi connectivity index (χ1) is 13.3. The standard InChI is InChI=1S/C23H33NO4/c1-6-7-8-12-24-21(17-10-9-11-18(14-17)28-16(4)5)20(22(26)23(24)27)19(25)13-15(2)3/h9-11,14-16,21,26H,6-8,12-13H2,1-5H3. The first-order valence-corrected chi connectivity index (χ1v) is 10.3. The summed E-state index contributed by atoms with van der Waals surface area (Å²) in [4.78, 5) is 27.3. The smallest absolute Gasteiger partial charge is 0.290 e. The molecule has 1 amide bonds. The highest BCUT2D eigenvalue weighted by Crippen LogP contribution is 2.39. The average Bonchev–Trinajstić information content (AvgIpc) is 2.86. The molecule has 1 aromatic rings. The molecular weight excluding hydrogens is 354 g/mol. The van der Waals surface area contributed by atoms with Gasteiger partial charge in [0.05, 0.1) is 17.7 Å². The van der Waals surface area contributed by atoms with Crippen molar-refractivity contribution < 1.29 is 19.4 Å². The molecule has 1 N–H and O–H groups in total. The average molecular weight is 388 g/mol. The van der Waals surface area contributed by atoms with Crippen LogP contribution in [-0.4, -0.2) is 34.3 Å². The molecule has 5 nitrogen and oxygen atoms in total. The summed E-state index contributed by atoms with van der Waals surface area (Å²) in [6.45, 7) is 10.4. The van der Waals surface area contributed by atoms with Gasteiger partial charge in [0, 0.05) is 13.0 Å². The number of ketones is 1. The van der Waals surface area contributed by atoms with Crippen LogP contribution in [-0.2, 0) is 9.59 Å². The van der Waals surface area contributed by atoms with Gasteiger partial charge >= 0.3 is 0 Å². The van der Waals surface area contributed by atoms with Crippen LogP contribution < -0.4 is 4.74 Å². The van der Waals surface area contributed by atoms with Crippen molar-refractivity contribution in [1.29, 1.82) is 0 Å². The highest BCUT2D eigenvalue weighted by atomic mass is 16.5. The third-order valence-electron chi connectivity index (χ3n) is 4.75. The Kier molecular flexibility index (Phi) is 7.67. The number of rotatable bonds is 10. The number of aliphatic hydroxyl groups excluding tert-OH is 1. The Morgan fingerprint density at radius 3 is 2.54 bits per heavy atom. The summed E-state index contributed by atoms with van der Waals surface area (Å²) in [7, 11) is 0. The Bertz CT molecular complexity index is 736. The normalized spacial score (nSPS) is 17.2. The molecule has 1 heterocycles. The van der Waals surface area contributed by atoms with E-state index >= 15 is 0 Å². The van der Waals surface area contributed by atoms with E-state index in [-0.39, 0.29) is 23.4 Å². The van der Waals surface area contributed by atoms with Crippen molar-refractivity contribution in [3.63, 3.8) is 0 Å². The van der Waals surface area contributed by atoms with Gasteiger partial charge in [-0.1, -0.05) is 45.7 Å². The second-order valence-corrected chi connectivity index (χ2v) is 8.13. The zero-order chi connectivity index (χ0) is 20.8. The molecule has 0 spiro atoms. The summed E-state index contributed by atoms with van der Waals surface area (Å²) in [5.74, 6) is -0.187. The number of benzene rings is 1. The number of aliphatic hydroxyl groups is 1. The lowest BCUT2D eigenvalue weighted by Crippen LogP contribution is -2.32. The van der Waals surface area contributed by atoms with Gasteiger partial charge in [0.2, 0.25) is 0 Å². The van der Waals surface area contributed by atoms with E-state index < -0.39 is 17.7 Å². The number of unbranched alkanes of at least 4 members (excludes halogenated alkanes) is 2. The lowest BCUT2D eigenvalue weighted by atomic mass is 9.92. The molecule has 154 valence electrons. The fourth-order valence-corrected chi connectivity index (χ4v) is 3.56. The minimum absolute atomic E-state index is 0.0205. The summed E-state index contributed by atoms with van der Waals surface area (Å²) in [6.07, 6.45) is 3.17. The van der Waals surface area contributed by atoms with Gasteiger partial charge in [-0.2, -0.15) is 0 Å². The predicted octanol–water partition coefficient (Wildman–Crippen LogP) is 4.97. The highest BCUT2D eigenvalue weighted by molar-refractivity contribution is 6.09. The number of carbonyl (C=O) groups excluding carboxylic acids is 2. The van der Waals surface area contributed by atoms with Crippen molar-refractivity contribution in [1.82, 2.24) is 4.90 Å². The second kappa shape index (κ2) is 9.76. The van der Waals surface area contributed by atoms with Gasteiger partial charge in [0.1, 0.15) is 5.75 Å². The number of Topliss-reactive ketones (excluding diaryl/α,β-unsaturated/α-hetero) is 1. The van der Waals surface area contributed by atoms with E-state index in [1.807, 2.05) is 52.0 Å². The number of hydrogen-bond acceptors (Lipinski definition) is 4. The largest absolute Gasteiger partial charge is 0.503 e. The van der Waals surface area contributed by atoms with Gasteiger partial charge in [0.25, 0.3) is 5.91 Å². The molecular formula is C23H33NO4. The fourth-order valence-electron chi connectivity index (χ4n) is 3.56. The summed E-state index contributed by atoms with van der Waals surface area (Å²) in [6, 6.07) is 6.92. The molecule has 0 radical (unpaired) electrons. The van der Waals surface area contributed by atoms with Crippen molar-refractivity contribution in [2.45, 2.75) is 72.4 Å². The Morgan fingerprint density at radius 2 is 1.93 bits per heavy atom. The zero-order valence-corrected chi connectivity index (χ0v) is 17.7. The number of carbonyl (C=O) groups is 2. The van der Waals surface area contributed by atoms with Crippen molar-refractivity contribution in [3.8, 4) is 5.75 Å². The summed E-state index contributed by atoms with van der Waals surface area (Å²) >= 11 is 0. The Morgan fingerprint density at radius 1 is 1.21 bits per heavy atom. The van der Waals surface area contributed by atoms with Gasteiger partial charge in [-0.3, -0.25) is 9.59 Å². The summed E-state index contributed by atoms with van der Waals surface area (Å²) in [5, 5.41) is 10.6. The van der Waals surface area contributed by atoms with Crippen LogP contribution in [0.15, 0.2) is 35.6 Å². The van der Waals surface area contributed by atoms with Gasteiger partial charge in [-0.15, -0.1) is 0 Å². The molecule has 0 aliphatic carbocycles. The van der Waals surface area contributed by atoms with Crippen LogP contribution in [0.25, 0.3) is 0 Å². The third-order valence-corrected chi connectivity index (χ3v) is 4.75. The number of hydrogen-bond donors (Lipinski definition) is 1. The highest BCUT2D eigenvalue weighted by Gasteiger charge is 2.43. The molecule has 1 atom stereocenters. The lowest BCUT2D eigenvalue weighted by Gasteiger charge is -2.27. The first-order valence-electron chi connectivity index (χ1n) is 10.3. The quantitative estimate of drug-likeness (QED) is 0.575. The molecule has 1 unspecified atom stereocenters. The maximum atomic E-state index is 12.9. The maximum Gasteiger partial charge on any atom is 0.290 e. The minimum atomic E-state index is -0.564. The Labute approximate surface area is 168 Å².